The van der Waals surface area contributed by atoms with Crippen LogP contribution in [0, 0.1) is 5.92 Å². The Labute approximate surface area is 128 Å². The molecule has 0 radical (unpaired) electrons. The fraction of sp³-hybridized carbons (Fsp3) is 0.588. The summed E-state index contributed by atoms with van der Waals surface area (Å²) in [4.78, 5) is 14.0. The zero-order chi connectivity index (χ0) is 15.8. The van der Waals surface area contributed by atoms with Crippen molar-refractivity contribution in [3.05, 3.63) is 23.8 Å². The number of ether oxygens (including phenoxy) is 1. The summed E-state index contributed by atoms with van der Waals surface area (Å²) < 4.78 is 5.43. The monoisotopic (exact) mass is 292 g/mol. The number of benzene rings is 1. The van der Waals surface area contributed by atoms with E-state index in [1.54, 1.807) is 12.1 Å². The summed E-state index contributed by atoms with van der Waals surface area (Å²) in [5.41, 5.74) is 7.97. The molecular formula is C17H28N2O2. The molecule has 0 saturated carbocycles. The standard InChI is InChI=1S/C17H28N2O2/c1-5-7-8-13(6-2)12-21-17(20)14-9-10-16(19(3)4)15(18)11-14/h9-11,13H,5-8,12,18H2,1-4H3. The molecule has 0 heterocycles. The molecule has 0 aliphatic carbocycles. The Morgan fingerprint density at radius 2 is 2.05 bits per heavy atom. The highest BCUT2D eigenvalue weighted by Crippen LogP contribution is 2.23. The van der Waals surface area contributed by atoms with Crippen LogP contribution in [-0.2, 0) is 4.74 Å². The van der Waals surface area contributed by atoms with Crippen molar-refractivity contribution >= 4 is 17.3 Å². The Morgan fingerprint density at radius 3 is 2.57 bits per heavy atom. The Kier molecular flexibility index (Phi) is 7.06. The third kappa shape index (κ3) is 5.29. The first-order chi connectivity index (χ1) is 9.99. The maximum Gasteiger partial charge on any atom is 0.338 e. The van der Waals surface area contributed by atoms with E-state index >= 15 is 0 Å². The number of esters is 1. The Hall–Kier alpha value is -1.71. The summed E-state index contributed by atoms with van der Waals surface area (Å²) in [6.45, 7) is 4.80. The zero-order valence-electron chi connectivity index (χ0n) is 13.7. The number of rotatable bonds is 8. The number of carbonyl (C=O) groups excluding carboxylic acids is 1. The van der Waals surface area contributed by atoms with E-state index in [4.69, 9.17) is 10.5 Å². The molecule has 0 amide bonds. The highest BCUT2D eigenvalue weighted by molar-refractivity contribution is 5.92. The first-order valence-electron chi connectivity index (χ1n) is 7.73. The molecule has 1 aromatic rings. The van der Waals surface area contributed by atoms with Crippen LogP contribution in [-0.4, -0.2) is 26.7 Å². The van der Waals surface area contributed by atoms with Gasteiger partial charge in [0, 0.05) is 14.1 Å². The fourth-order valence-electron chi connectivity index (χ4n) is 2.26. The molecule has 0 aromatic heterocycles. The largest absolute Gasteiger partial charge is 0.462 e. The van der Waals surface area contributed by atoms with Gasteiger partial charge in [-0.15, -0.1) is 0 Å². The molecule has 1 aromatic carbocycles. The van der Waals surface area contributed by atoms with Crippen LogP contribution < -0.4 is 10.6 Å². The summed E-state index contributed by atoms with van der Waals surface area (Å²) in [6, 6.07) is 5.30. The predicted molar refractivity (Wildman–Crippen MR) is 88.8 cm³/mol. The lowest BCUT2D eigenvalue weighted by atomic mass is 10.0. The molecule has 2 N–H and O–H groups in total. The van der Waals surface area contributed by atoms with Crippen LogP contribution in [0.5, 0.6) is 0 Å². The lowest BCUT2D eigenvalue weighted by molar-refractivity contribution is 0.0428. The predicted octanol–water partition coefficient (Wildman–Crippen LogP) is 3.71. The van der Waals surface area contributed by atoms with E-state index in [2.05, 4.69) is 13.8 Å². The average molecular weight is 292 g/mol. The van der Waals surface area contributed by atoms with Crippen LogP contribution >= 0.6 is 0 Å². The van der Waals surface area contributed by atoms with Gasteiger partial charge in [0.1, 0.15) is 0 Å². The van der Waals surface area contributed by atoms with Gasteiger partial charge < -0.3 is 15.4 Å². The summed E-state index contributed by atoms with van der Waals surface area (Å²) >= 11 is 0. The van der Waals surface area contributed by atoms with Crippen LogP contribution in [0.25, 0.3) is 0 Å². The molecule has 21 heavy (non-hydrogen) atoms. The van der Waals surface area contributed by atoms with Crippen molar-refractivity contribution < 1.29 is 9.53 Å². The summed E-state index contributed by atoms with van der Waals surface area (Å²) in [6.07, 6.45) is 4.50. The van der Waals surface area contributed by atoms with E-state index < -0.39 is 0 Å². The third-order valence-corrected chi connectivity index (χ3v) is 3.74. The van der Waals surface area contributed by atoms with Gasteiger partial charge in [-0.25, -0.2) is 4.79 Å². The highest BCUT2D eigenvalue weighted by Gasteiger charge is 2.13. The fourth-order valence-corrected chi connectivity index (χ4v) is 2.26. The number of nitrogens with two attached hydrogens (primary N) is 1. The Balaban J connectivity index is 2.61. The number of unbranched alkanes of at least 4 members (excludes halogenated alkanes) is 1. The van der Waals surface area contributed by atoms with E-state index in [0.717, 1.165) is 18.5 Å². The first-order valence-corrected chi connectivity index (χ1v) is 7.73. The van der Waals surface area contributed by atoms with Gasteiger partial charge in [-0.1, -0.05) is 33.1 Å². The SMILES string of the molecule is CCCCC(CC)COC(=O)c1ccc(N(C)C)c(N)c1. The van der Waals surface area contributed by atoms with Gasteiger partial charge in [-0.3, -0.25) is 0 Å². The van der Waals surface area contributed by atoms with Gasteiger partial charge in [-0.05, 0) is 30.5 Å². The number of anilines is 2. The Morgan fingerprint density at radius 1 is 1.33 bits per heavy atom. The number of carbonyl (C=O) groups is 1. The van der Waals surface area contributed by atoms with Gasteiger partial charge >= 0.3 is 5.97 Å². The van der Waals surface area contributed by atoms with Crippen LogP contribution in [0.4, 0.5) is 11.4 Å². The lowest BCUT2D eigenvalue weighted by Crippen LogP contribution is -2.15. The third-order valence-electron chi connectivity index (χ3n) is 3.74. The lowest BCUT2D eigenvalue weighted by Gasteiger charge is -2.17. The molecule has 0 bridgehead atoms. The van der Waals surface area contributed by atoms with Gasteiger partial charge in [0.25, 0.3) is 0 Å². The van der Waals surface area contributed by atoms with E-state index in [-0.39, 0.29) is 5.97 Å². The van der Waals surface area contributed by atoms with Crippen molar-refractivity contribution in [2.24, 2.45) is 5.92 Å². The summed E-state index contributed by atoms with van der Waals surface area (Å²) in [5.74, 6) is 0.161. The van der Waals surface area contributed by atoms with Crippen LogP contribution in [0.3, 0.4) is 0 Å². The summed E-state index contributed by atoms with van der Waals surface area (Å²) in [5, 5.41) is 0. The van der Waals surface area contributed by atoms with Crippen LogP contribution in [0.2, 0.25) is 0 Å². The minimum Gasteiger partial charge on any atom is -0.462 e. The van der Waals surface area contributed by atoms with Gasteiger partial charge in [0.2, 0.25) is 0 Å². The van der Waals surface area contributed by atoms with E-state index in [1.165, 1.54) is 12.8 Å². The van der Waals surface area contributed by atoms with E-state index in [1.807, 2.05) is 25.1 Å². The van der Waals surface area contributed by atoms with Crippen LogP contribution in [0.1, 0.15) is 49.9 Å². The van der Waals surface area contributed by atoms with Crippen LogP contribution in [0.15, 0.2) is 18.2 Å². The van der Waals surface area contributed by atoms with Crippen molar-refractivity contribution in [2.75, 3.05) is 31.3 Å². The molecule has 1 unspecified atom stereocenters. The summed E-state index contributed by atoms with van der Waals surface area (Å²) in [7, 11) is 3.84. The normalized spacial score (nSPS) is 12.0. The highest BCUT2D eigenvalue weighted by atomic mass is 16.5. The van der Waals surface area contributed by atoms with E-state index in [9.17, 15) is 4.79 Å². The van der Waals surface area contributed by atoms with Gasteiger partial charge in [0.05, 0.1) is 23.5 Å². The molecule has 0 aliphatic rings. The van der Waals surface area contributed by atoms with Crippen molar-refractivity contribution in [1.82, 2.24) is 0 Å². The molecule has 0 fully saturated rings. The van der Waals surface area contributed by atoms with Crippen molar-refractivity contribution in [3.63, 3.8) is 0 Å². The van der Waals surface area contributed by atoms with Gasteiger partial charge in [-0.2, -0.15) is 0 Å². The molecule has 0 saturated heterocycles. The number of hydrogen-bond acceptors (Lipinski definition) is 4. The maximum absolute atomic E-state index is 12.1. The van der Waals surface area contributed by atoms with E-state index in [0.29, 0.717) is 23.8 Å². The number of hydrogen-bond donors (Lipinski definition) is 1. The molecule has 118 valence electrons. The molecule has 1 atom stereocenters. The average Bonchev–Trinajstić information content (AvgIpc) is 2.46. The topological polar surface area (TPSA) is 55.6 Å². The second-order valence-corrected chi connectivity index (χ2v) is 5.68. The first kappa shape index (κ1) is 17.3. The molecule has 1 rings (SSSR count). The van der Waals surface area contributed by atoms with Crippen molar-refractivity contribution in [2.45, 2.75) is 39.5 Å². The minimum absolute atomic E-state index is 0.290. The molecule has 4 heteroatoms. The molecule has 0 spiro atoms. The Bertz CT molecular complexity index is 458. The number of nitrogen functional groups attached to an aromatic ring is 1. The zero-order valence-corrected chi connectivity index (χ0v) is 13.7. The minimum atomic E-state index is -0.290. The quantitative estimate of drug-likeness (QED) is 0.586. The number of nitrogens with zero attached hydrogens (tertiary/aromatic N) is 1. The second-order valence-electron chi connectivity index (χ2n) is 5.68. The van der Waals surface area contributed by atoms with Crippen molar-refractivity contribution in [3.8, 4) is 0 Å². The molecular weight excluding hydrogens is 264 g/mol. The smallest absolute Gasteiger partial charge is 0.338 e. The molecule has 4 nitrogen and oxygen atoms in total. The second kappa shape index (κ2) is 8.55. The maximum atomic E-state index is 12.1. The van der Waals surface area contributed by atoms with Gasteiger partial charge in [0.15, 0.2) is 0 Å². The van der Waals surface area contributed by atoms with Crippen molar-refractivity contribution in [1.29, 1.82) is 0 Å². The molecule has 0 aliphatic heterocycles.